The Kier molecular flexibility index (Phi) is 3.61. The van der Waals surface area contributed by atoms with Crippen LogP contribution in [0.2, 0.25) is 5.02 Å². The van der Waals surface area contributed by atoms with Crippen molar-refractivity contribution in [2.75, 3.05) is 11.9 Å². The molecule has 2 rings (SSSR count). The standard InChI is InChI=1S/C11H12ClN3OS/c1-6(5-13)10(16)15-11-14-8-3-2-7(12)4-9(8)17-11/h2-4,6H,5,13H2,1H3,(H,14,15,16). The minimum Gasteiger partial charge on any atom is -0.330 e. The zero-order valence-electron chi connectivity index (χ0n) is 9.24. The van der Waals surface area contributed by atoms with Crippen LogP contribution in [0.3, 0.4) is 0 Å². The van der Waals surface area contributed by atoms with Gasteiger partial charge in [-0.2, -0.15) is 0 Å². The van der Waals surface area contributed by atoms with Crippen molar-refractivity contribution in [3.05, 3.63) is 23.2 Å². The van der Waals surface area contributed by atoms with Crippen molar-refractivity contribution in [1.82, 2.24) is 4.98 Å². The van der Waals surface area contributed by atoms with Gasteiger partial charge in [0, 0.05) is 17.5 Å². The molecule has 1 heterocycles. The molecule has 0 aliphatic heterocycles. The van der Waals surface area contributed by atoms with Crippen molar-refractivity contribution in [3.8, 4) is 0 Å². The Balaban J connectivity index is 2.22. The Bertz CT molecular complexity index is 555. The molecule has 0 aliphatic carbocycles. The van der Waals surface area contributed by atoms with E-state index < -0.39 is 0 Å². The zero-order chi connectivity index (χ0) is 12.4. The molecular formula is C11H12ClN3OS. The van der Waals surface area contributed by atoms with Crippen LogP contribution in [0.1, 0.15) is 6.92 Å². The van der Waals surface area contributed by atoms with Crippen LogP contribution >= 0.6 is 22.9 Å². The van der Waals surface area contributed by atoms with E-state index in [0.717, 1.165) is 10.2 Å². The number of benzene rings is 1. The Morgan fingerprint density at radius 2 is 2.41 bits per heavy atom. The summed E-state index contributed by atoms with van der Waals surface area (Å²) in [4.78, 5) is 15.9. The number of rotatable bonds is 3. The number of anilines is 1. The largest absolute Gasteiger partial charge is 0.330 e. The summed E-state index contributed by atoms with van der Waals surface area (Å²) in [5.41, 5.74) is 6.26. The second kappa shape index (κ2) is 5.00. The lowest BCUT2D eigenvalue weighted by Gasteiger charge is -2.06. The second-order valence-electron chi connectivity index (χ2n) is 3.76. The molecule has 1 atom stereocenters. The lowest BCUT2D eigenvalue weighted by atomic mass is 10.2. The highest BCUT2D eigenvalue weighted by Crippen LogP contribution is 2.28. The van der Waals surface area contributed by atoms with Crippen LogP contribution in [0.15, 0.2) is 18.2 Å². The molecule has 2 aromatic rings. The minimum absolute atomic E-state index is 0.113. The van der Waals surface area contributed by atoms with Gasteiger partial charge in [0.25, 0.3) is 0 Å². The van der Waals surface area contributed by atoms with Crippen LogP contribution in [-0.4, -0.2) is 17.4 Å². The first-order chi connectivity index (χ1) is 8.10. The molecule has 0 fully saturated rings. The van der Waals surface area contributed by atoms with Crippen molar-refractivity contribution in [1.29, 1.82) is 0 Å². The predicted molar refractivity (Wildman–Crippen MR) is 71.5 cm³/mol. The summed E-state index contributed by atoms with van der Waals surface area (Å²) in [5.74, 6) is -0.330. The number of hydrogen-bond acceptors (Lipinski definition) is 4. The highest BCUT2D eigenvalue weighted by atomic mass is 35.5. The van der Waals surface area contributed by atoms with Crippen molar-refractivity contribution in [2.24, 2.45) is 11.7 Å². The number of nitrogens with zero attached hydrogens (tertiary/aromatic N) is 1. The summed E-state index contributed by atoms with van der Waals surface area (Å²) in [6, 6.07) is 5.43. The summed E-state index contributed by atoms with van der Waals surface area (Å²) < 4.78 is 0.952. The number of carbonyl (C=O) groups is 1. The normalized spacial score (nSPS) is 12.6. The molecule has 0 bridgehead atoms. The summed E-state index contributed by atoms with van der Waals surface area (Å²) >= 11 is 7.28. The van der Waals surface area contributed by atoms with Gasteiger partial charge in [0.2, 0.25) is 5.91 Å². The van der Waals surface area contributed by atoms with Crippen LogP contribution in [0.4, 0.5) is 5.13 Å². The zero-order valence-corrected chi connectivity index (χ0v) is 10.8. The Labute approximate surface area is 108 Å². The molecule has 1 aromatic carbocycles. The van der Waals surface area contributed by atoms with Crippen molar-refractivity contribution in [3.63, 3.8) is 0 Å². The van der Waals surface area contributed by atoms with Crippen molar-refractivity contribution >= 4 is 44.2 Å². The molecule has 4 nitrogen and oxygen atoms in total. The molecule has 3 N–H and O–H groups in total. The number of fused-ring (bicyclic) bond motifs is 1. The number of amides is 1. The predicted octanol–water partition coefficient (Wildman–Crippen LogP) is 2.48. The monoisotopic (exact) mass is 269 g/mol. The fraction of sp³-hybridized carbons (Fsp3) is 0.273. The van der Waals surface area contributed by atoms with E-state index in [1.165, 1.54) is 11.3 Å². The number of carbonyl (C=O) groups excluding carboxylic acids is 1. The van der Waals surface area contributed by atoms with E-state index in [1.54, 1.807) is 13.0 Å². The summed E-state index contributed by atoms with van der Waals surface area (Å²) in [6.45, 7) is 2.10. The van der Waals surface area contributed by atoms with E-state index in [-0.39, 0.29) is 11.8 Å². The van der Waals surface area contributed by atoms with E-state index in [4.69, 9.17) is 17.3 Å². The third-order valence-electron chi connectivity index (χ3n) is 2.38. The maximum atomic E-state index is 11.6. The molecule has 0 radical (unpaired) electrons. The quantitative estimate of drug-likeness (QED) is 0.899. The van der Waals surface area contributed by atoms with Gasteiger partial charge in [0.15, 0.2) is 5.13 Å². The Hall–Kier alpha value is -1.17. The number of thiazole rings is 1. The van der Waals surface area contributed by atoms with Crippen molar-refractivity contribution < 1.29 is 4.79 Å². The smallest absolute Gasteiger partial charge is 0.230 e. The summed E-state index contributed by atoms with van der Waals surface area (Å²) in [5, 5.41) is 3.98. The molecule has 17 heavy (non-hydrogen) atoms. The highest BCUT2D eigenvalue weighted by molar-refractivity contribution is 7.22. The first-order valence-electron chi connectivity index (χ1n) is 5.17. The van der Waals surface area contributed by atoms with Crippen LogP contribution in [0.5, 0.6) is 0 Å². The van der Waals surface area contributed by atoms with Gasteiger partial charge in [0.1, 0.15) is 0 Å². The number of nitrogens with one attached hydrogen (secondary N) is 1. The molecule has 1 amide bonds. The molecule has 0 saturated heterocycles. The van der Waals surface area contributed by atoms with E-state index in [2.05, 4.69) is 10.3 Å². The maximum absolute atomic E-state index is 11.6. The Morgan fingerprint density at radius 3 is 3.12 bits per heavy atom. The topological polar surface area (TPSA) is 68.0 Å². The third kappa shape index (κ3) is 2.74. The number of aromatic nitrogens is 1. The maximum Gasteiger partial charge on any atom is 0.230 e. The van der Waals surface area contributed by atoms with Gasteiger partial charge < -0.3 is 11.1 Å². The highest BCUT2D eigenvalue weighted by Gasteiger charge is 2.13. The molecule has 1 unspecified atom stereocenters. The fourth-order valence-corrected chi connectivity index (χ4v) is 2.43. The van der Waals surface area contributed by atoms with Crippen LogP contribution in [0, 0.1) is 5.92 Å². The van der Waals surface area contributed by atoms with Crippen LogP contribution < -0.4 is 11.1 Å². The van der Waals surface area contributed by atoms with Gasteiger partial charge in [-0.25, -0.2) is 4.98 Å². The van der Waals surface area contributed by atoms with Gasteiger partial charge in [-0.3, -0.25) is 4.79 Å². The SMILES string of the molecule is CC(CN)C(=O)Nc1nc2ccc(Cl)cc2s1. The van der Waals surface area contributed by atoms with Gasteiger partial charge in [-0.15, -0.1) is 0 Å². The molecule has 90 valence electrons. The molecule has 6 heteroatoms. The van der Waals surface area contributed by atoms with Crippen LogP contribution in [0.25, 0.3) is 10.2 Å². The first-order valence-corrected chi connectivity index (χ1v) is 6.36. The lowest BCUT2D eigenvalue weighted by molar-refractivity contribution is -0.119. The first kappa shape index (κ1) is 12.3. The third-order valence-corrected chi connectivity index (χ3v) is 3.55. The summed E-state index contributed by atoms with van der Waals surface area (Å²) in [6.07, 6.45) is 0. The Morgan fingerprint density at radius 1 is 1.65 bits per heavy atom. The van der Waals surface area contributed by atoms with Gasteiger partial charge >= 0.3 is 0 Å². The molecule has 1 aromatic heterocycles. The second-order valence-corrected chi connectivity index (χ2v) is 5.22. The average Bonchev–Trinajstić information content (AvgIpc) is 2.69. The molecule has 0 saturated carbocycles. The molecular weight excluding hydrogens is 258 g/mol. The number of halogens is 1. The van der Waals surface area contributed by atoms with Gasteiger partial charge in [0.05, 0.1) is 10.2 Å². The van der Waals surface area contributed by atoms with Crippen molar-refractivity contribution in [2.45, 2.75) is 6.92 Å². The van der Waals surface area contributed by atoms with Gasteiger partial charge in [-0.05, 0) is 18.2 Å². The fourth-order valence-electron chi connectivity index (χ4n) is 1.29. The van der Waals surface area contributed by atoms with E-state index in [1.807, 2.05) is 12.1 Å². The average molecular weight is 270 g/mol. The van der Waals surface area contributed by atoms with Gasteiger partial charge in [-0.1, -0.05) is 29.9 Å². The van der Waals surface area contributed by atoms with E-state index in [0.29, 0.717) is 16.7 Å². The van der Waals surface area contributed by atoms with E-state index in [9.17, 15) is 4.79 Å². The minimum atomic E-state index is -0.217. The number of nitrogens with two attached hydrogens (primary N) is 1. The molecule has 0 spiro atoms. The number of hydrogen-bond donors (Lipinski definition) is 2. The molecule has 0 aliphatic rings. The lowest BCUT2D eigenvalue weighted by Crippen LogP contribution is -2.26. The summed E-state index contributed by atoms with van der Waals surface area (Å²) in [7, 11) is 0. The van der Waals surface area contributed by atoms with Crippen LogP contribution in [-0.2, 0) is 4.79 Å². The van der Waals surface area contributed by atoms with E-state index >= 15 is 0 Å².